The number of nitrogens with zero attached hydrogens (tertiary/aromatic N) is 2. The number of piperidine rings is 1. The van der Waals surface area contributed by atoms with Crippen LogP contribution in [0.25, 0.3) is 0 Å². The van der Waals surface area contributed by atoms with Gasteiger partial charge in [0, 0.05) is 32.1 Å². The highest BCUT2D eigenvalue weighted by Crippen LogP contribution is 2.40. The topological polar surface area (TPSA) is 59.1 Å². The molecule has 2 fully saturated rings. The quantitative estimate of drug-likeness (QED) is 0.805. The standard InChI is InChI=1S/C19H25ClN2O4/c1-12-5-4-6-21(10-12)19(24)13-7-18(23)22(11-13)15-8-14(20)16(25-2)9-17(15)26-3/h8-9,12-13H,4-7,10-11H2,1-3H3. The monoisotopic (exact) mass is 380 g/mol. The first-order valence-corrected chi connectivity index (χ1v) is 9.33. The van der Waals surface area contributed by atoms with Crippen LogP contribution in [-0.2, 0) is 9.59 Å². The third-order valence-corrected chi connectivity index (χ3v) is 5.48. The molecule has 2 aliphatic heterocycles. The summed E-state index contributed by atoms with van der Waals surface area (Å²) >= 11 is 6.23. The van der Waals surface area contributed by atoms with Gasteiger partial charge in [0.2, 0.25) is 11.8 Å². The zero-order chi connectivity index (χ0) is 18.8. The second kappa shape index (κ2) is 7.74. The molecule has 2 heterocycles. The molecule has 7 heteroatoms. The van der Waals surface area contributed by atoms with Crippen molar-refractivity contribution in [2.75, 3.05) is 38.8 Å². The Kier molecular flexibility index (Phi) is 5.61. The lowest BCUT2D eigenvalue weighted by Crippen LogP contribution is -2.43. The van der Waals surface area contributed by atoms with Crippen LogP contribution in [0.1, 0.15) is 26.2 Å². The fraction of sp³-hybridized carbons (Fsp3) is 0.579. The van der Waals surface area contributed by atoms with E-state index >= 15 is 0 Å². The lowest BCUT2D eigenvalue weighted by Gasteiger charge is -2.32. The number of methoxy groups -OCH3 is 2. The number of carbonyl (C=O) groups excluding carboxylic acids is 2. The number of hydrogen-bond acceptors (Lipinski definition) is 4. The van der Waals surface area contributed by atoms with Crippen molar-refractivity contribution in [3.63, 3.8) is 0 Å². The van der Waals surface area contributed by atoms with Crippen LogP contribution in [-0.4, -0.2) is 50.6 Å². The van der Waals surface area contributed by atoms with E-state index in [4.69, 9.17) is 21.1 Å². The van der Waals surface area contributed by atoms with Gasteiger partial charge in [-0.25, -0.2) is 0 Å². The van der Waals surface area contributed by atoms with Crippen molar-refractivity contribution in [2.45, 2.75) is 26.2 Å². The number of anilines is 1. The zero-order valence-corrected chi connectivity index (χ0v) is 16.2. The second-order valence-electron chi connectivity index (χ2n) is 7.10. The Morgan fingerprint density at radius 1 is 1.19 bits per heavy atom. The van der Waals surface area contributed by atoms with E-state index in [-0.39, 0.29) is 24.2 Å². The van der Waals surface area contributed by atoms with Crippen molar-refractivity contribution in [3.8, 4) is 11.5 Å². The Balaban J connectivity index is 1.80. The van der Waals surface area contributed by atoms with Crippen LogP contribution >= 0.6 is 11.6 Å². The van der Waals surface area contributed by atoms with Crippen LogP contribution in [0.4, 0.5) is 5.69 Å². The molecule has 0 spiro atoms. The average molecular weight is 381 g/mol. The number of rotatable bonds is 4. The minimum atomic E-state index is -0.321. The lowest BCUT2D eigenvalue weighted by atomic mass is 9.98. The molecule has 2 amide bonds. The SMILES string of the molecule is COc1cc(OC)c(N2CC(C(=O)N3CCCC(C)C3)CC2=O)cc1Cl. The van der Waals surface area contributed by atoms with Crippen molar-refractivity contribution >= 4 is 29.1 Å². The fourth-order valence-corrected chi connectivity index (χ4v) is 4.04. The smallest absolute Gasteiger partial charge is 0.228 e. The molecule has 0 bridgehead atoms. The van der Waals surface area contributed by atoms with Crippen LogP contribution in [0.15, 0.2) is 12.1 Å². The van der Waals surface area contributed by atoms with Gasteiger partial charge in [-0.3, -0.25) is 9.59 Å². The van der Waals surface area contributed by atoms with E-state index in [1.165, 1.54) is 14.2 Å². The summed E-state index contributed by atoms with van der Waals surface area (Å²) in [5.74, 6) is 1.16. The summed E-state index contributed by atoms with van der Waals surface area (Å²) in [5, 5.41) is 0.399. The van der Waals surface area contributed by atoms with Gasteiger partial charge in [0.1, 0.15) is 11.5 Å². The number of hydrogen-bond donors (Lipinski definition) is 0. The van der Waals surface area contributed by atoms with E-state index in [1.807, 2.05) is 4.90 Å². The van der Waals surface area contributed by atoms with Crippen molar-refractivity contribution in [3.05, 3.63) is 17.2 Å². The maximum Gasteiger partial charge on any atom is 0.228 e. The van der Waals surface area contributed by atoms with Gasteiger partial charge >= 0.3 is 0 Å². The second-order valence-corrected chi connectivity index (χ2v) is 7.50. The van der Waals surface area contributed by atoms with Gasteiger partial charge in [-0.1, -0.05) is 18.5 Å². The van der Waals surface area contributed by atoms with Crippen molar-refractivity contribution in [2.24, 2.45) is 11.8 Å². The number of likely N-dealkylation sites (tertiary alicyclic amines) is 1. The third kappa shape index (κ3) is 3.61. The number of amides is 2. The van der Waals surface area contributed by atoms with Crippen molar-refractivity contribution in [1.29, 1.82) is 0 Å². The lowest BCUT2D eigenvalue weighted by molar-refractivity contribution is -0.137. The van der Waals surface area contributed by atoms with Gasteiger partial charge in [-0.15, -0.1) is 0 Å². The molecule has 0 aliphatic carbocycles. The first-order valence-electron chi connectivity index (χ1n) is 8.95. The van der Waals surface area contributed by atoms with Gasteiger partial charge < -0.3 is 19.3 Å². The molecule has 2 saturated heterocycles. The Hall–Kier alpha value is -1.95. The van der Waals surface area contributed by atoms with Crippen molar-refractivity contribution < 1.29 is 19.1 Å². The summed E-state index contributed by atoms with van der Waals surface area (Å²) in [4.78, 5) is 29.0. The van der Waals surface area contributed by atoms with Crippen LogP contribution < -0.4 is 14.4 Å². The molecule has 1 aromatic carbocycles. The van der Waals surface area contributed by atoms with Gasteiger partial charge in [0.15, 0.2) is 0 Å². The summed E-state index contributed by atoms with van der Waals surface area (Å²) in [7, 11) is 3.06. The molecule has 0 radical (unpaired) electrons. The normalized spacial score (nSPS) is 23.3. The van der Waals surface area contributed by atoms with E-state index in [0.717, 1.165) is 25.9 Å². The summed E-state index contributed by atoms with van der Waals surface area (Å²) in [6, 6.07) is 3.32. The number of carbonyl (C=O) groups is 2. The highest BCUT2D eigenvalue weighted by Gasteiger charge is 2.39. The molecule has 1 aromatic rings. The summed E-state index contributed by atoms with van der Waals surface area (Å²) in [6.45, 7) is 4.07. The van der Waals surface area contributed by atoms with E-state index in [2.05, 4.69) is 6.92 Å². The Morgan fingerprint density at radius 2 is 1.92 bits per heavy atom. The Morgan fingerprint density at radius 3 is 2.58 bits per heavy atom. The summed E-state index contributed by atoms with van der Waals surface area (Å²) in [5.41, 5.74) is 0.575. The summed E-state index contributed by atoms with van der Waals surface area (Å²) in [6.07, 6.45) is 2.40. The van der Waals surface area contributed by atoms with E-state index < -0.39 is 0 Å². The maximum absolute atomic E-state index is 12.9. The molecule has 0 saturated carbocycles. The summed E-state index contributed by atoms with van der Waals surface area (Å²) < 4.78 is 10.6. The molecule has 6 nitrogen and oxygen atoms in total. The van der Waals surface area contributed by atoms with Gasteiger partial charge in [0.25, 0.3) is 0 Å². The van der Waals surface area contributed by atoms with Gasteiger partial charge in [-0.2, -0.15) is 0 Å². The van der Waals surface area contributed by atoms with Crippen LogP contribution in [0.3, 0.4) is 0 Å². The van der Waals surface area contributed by atoms with E-state index in [9.17, 15) is 9.59 Å². The zero-order valence-electron chi connectivity index (χ0n) is 15.5. The fourth-order valence-electron chi connectivity index (χ4n) is 3.81. The molecule has 0 N–H and O–H groups in total. The third-order valence-electron chi connectivity index (χ3n) is 5.19. The first kappa shape index (κ1) is 18.8. The molecule has 2 unspecified atom stereocenters. The average Bonchev–Trinajstić information content (AvgIpc) is 3.02. The number of halogens is 1. The Bertz CT molecular complexity index is 709. The highest BCUT2D eigenvalue weighted by atomic mass is 35.5. The molecule has 26 heavy (non-hydrogen) atoms. The van der Waals surface area contributed by atoms with E-state index in [1.54, 1.807) is 17.0 Å². The predicted octanol–water partition coefficient (Wildman–Crippen LogP) is 2.97. The Labute approximate surface area is 159 Å². The predicted molar refractivity (Wildman–Crippen MR) is 100.0 cm³/mol. The van der Waals surface area contributed by atoms with E-state index in [0.29, 0.717) is 34.7 Å². The van der Waals surface area contributed by atoms with Gasteiger partial charge in [0.05, 0.1) is 30.8 Å². The minimum absolute atomic E-state index is 0.0750. The molecule has 142 valence electrons. The highest BCUT2D eigenvalue weighted by molar-refractivity contribution is 6.32. The van der Waals surface area contributed by atoms with Gasteiger partial charge in [-0.05, 0) is 24.8 Å². The molecule has 2 aliphatic rings. The maximum atomic E-state index is 12.9. The van der Waals surface area contributed by atoms with Crippen LogP contribution in [0.5, 0.6) is 11.5 Å². The van der Waals surface area contributed by atoms with Crippen LogP contribution in [0, 0.1) is 11.8 Å². The molecule has 2 atom stereocenters. The number of benzene rings is 1. The molecule has 0 aromatic heterocycles. The molecular formula is C19H25ClN2O4. The minimum Gasteiger partial charge on any atom is -0.495 e. The van der Waals surface area contributed by atoms with Crippen molar-refractivity contribution in [1.82, 2.24) is 4.90 Å². The largest absolute Gasteiger partial charge is 0.495 e. The first-order chi connectivity index (χ1) is 12.4. The molecular weight excluding hydrogens is 356 g/mol. The number of ether oxygens (including phenoxy) is 2. The van der Waals surface area contributed by atoms with Crippen LogP contribution in [0.2, 0.25) is 5.02 Å². The molecule has 3 rings (SSSR count).